The van der Waals surface area contributed by atoms with E-state index in [1.807, 2.05) is 24.3 Å². The number of anilines is 1. The van der Waals surface area contributed by atoms with Gasteiger partial charge in [-0.15, -0.1) is 10.2 Å². The predicted octanol–water partition coefficient (Wildman–Crippen LogP) is 3.70. The third-order valence-corrected chi connectivity index (χ3v) is 4.58. The van der Waals surface area contributed by atoms with Crippen molar-refractivity contribution in [2.45, 2.75) is 6.42 Å². The number of nitro benzene ring substituents is 1. The highest BCUT2D eigenvalue weighted by Gasteiger charge is 2.08. The van der Waals surface area contributed by atoms with Gasteiger partial charge in [0.1, 0.15) is 10.8 Å². The highest BCUT2D eigenvalue weighted by Crippen LogP contribution is 2.20. The average molecular weight is 396 g/mol. The van der Waals surface area contributed by atoms with Crippen molar-refractivity contribution in [1.82, 2.24) is 10.2 Å². The third kappa shape index (κ3) is 5.21. The Kier molecular flexibility index (Phi) is 6.07. The standard InChI is InChI=1S/C19H16N4O4S/c1-27-16-9-4-14(5-10-16)12-18-21-22-19(28-18)20-17(24)11-6-13-2-7-15(8-3-13)23(25)26/h2-11H,12H2,1H3,(H,20,22,24)/b11-6+. The van der Waals surface area contributed by atoms with Crippen molar-refractivity contribution in [1.29, 1.82) is 0 Å². The van der Waals surface area contributed by atoms with E-state index in [2.05, 4.69) is 15.5 Å². The van der Waals surface area contributed by atoms with E-state index in [4.69, 9.17) is 4.74 Å². The van der Waals surface area contributed by atoms with Gasteiger partial charge < -0.3 is 4.74 Å². The number of hydrogen-bond donors (Lipinski definition) is 1. The summed E-state index contributed by atoms with van der Waals surface area (Å²) in [6.07, 6.45) is 3.51. The molecule has 0 bridgehead atoms. The molecule has 0 atom stereocenters. The fraction of sp³-hybridized carbons (Fsp3) is 0.105. The number of benzene rings is 2. The Hall–Kier alpha value is -3.59. The lowest BCUT2D eigenvalue weighted by Crippen LogP contribution is -2.07. The Morgan fingerprint density at radius 2 is 1.89 bits per heavy atom. The summed E-state index contributed by atoms with van der Waals surface area (Å²) in [7, 11) is 1.62. The van der Waals surface area contributed by atoms with Crippen molar-refractivity contribution in [2.24, 2.45) is 0 Å². The molecule has 3 rings (SSSR count). The van der Waals surface area contributed by atoms with Crippen LogP contribution in [0, 0.1) is 10.1 Å². The van der Waals surface area contributed by atoms with Crippen molar-refractivity contribution in [3.05, 3.63) is 80.9 Å². The van der Waals surface area contributed by atoms with Gasteiger partial charge in [-0.1, -0.05) is 23.5 Å². The molecular weight excluding hydrogens is 380 g/mol. The van der Waals surface area contributed by atoms with Crippen molar-refractivity contribution < 1.29 is 14.5 Å². The van der Waals surface area contributed by atoms with Crippen LogP contribution in [-0.4, -0.2) is 28.1 Å². The summed E-state index contributed by atoms with van der Waals surface area (Å²) >= 11 is 1.30. The molecule has 142 valence electrons. The molecule has 0 saturated carbocycles. The number of amides is 1. The minimum Gasteiger partial charge on any atom is -0.497 e. The van der Waals surface area contributed by atoms with Crippen LogP contribution in [0.5, 0.6) is 5.75 Å². The SMILES string of the molecule is COc1ccc(Cc2nnc(NC(=O)/C=C/c3ccc([N+](=O)[O-])cc3)s2)cc1. The lowest BCUT2D eigenvalue weighted by Gasteiger charge is -2.00. The number of carbonyl (C=O) groups is 1. The summed E-state index contributed by atoms with van der Waals surface area (Å²) in [5, 5.41) is 22.5. The molecule has 2 aromatic carbocycles. The fourth-order valence-corrected chi connectivity index (χ4v) is 3.10. The summed E-state index contributed by atoms with van der Waals surface area (Å²) in [6.45, 7) is 0. The topological polar surface area (TPSA) is 107 Å². The minimum atomic E-state index is -0.473. The van der Waals surface area contributed by atoms with Gasteiger partial charge in [-0.25, -0.2) is 0 Å². The van der Waals surface area contributed by atoms with E-state index >= 15 is 0 Å². The van der Waals surface area contributed by atoms with Crippen LogP contribution in [0.15, 0.2) is 54.6 Å². The number of rotatable bonds is 7. The zero-order valence-electron chi connectivity index (χ0n) is 14.9. The van der Waals surface area contributed by atoms with E-state index in [0.29, 0.717) is 17.1 Å². The summed E-state index contributed by atoms with van der Waals surface area (Å²) in [4.78, 5) is 22.2. The normalized spacial score (nSPS) is 10.8. The number of aromatic nitrogens is 2. The highest BCUT2D eigenvalue weighted by atomic mass is 32.1. The van der Waals surface area contributed by atoms with Gasteiger partial charge >= 0.3 is 0 Å². The molecule has 8 nitrogen and oxygen atoms in total. The van der Waals surface area contributed by atoms with Gasteiger partial charge in [0.2, 0.25) is 11.0 Å². The molecule has 3 aromatic rings. The molecule has 28 heavy (non-hydrogen) atoms. The average Bonchev–Trinajstić information content (AvgIpc) is 3.14. The highest BCUT2D eigenvalue weighted by molar-refractivity contribution is 7.15. The van der Waals surface area contributed by atoms with Crippen LogP contribution in [0.1, 0.15) is 16.1 Å². The van der Waals surface area contributed by atoms with Crippen LogP contribution in [0.4, 0.5) is 10.8 Å². The molecule has 0 unspecified atom stereocenters. The van der Waals surface area contributed by atoms with E-state index in [0.717, 1.165) is 16.3 Å². The first-order valence-corrected chi connectivity index (χ1v) is 9.04. The van der Waals surface area contributed by atoms with Crippen molar-refractivity contribution in [2.75, 3.05) is 12.4 Å². The van der Waals surface area contributed by atoms with Crippen LogP contribution in [-0.2, 0) is 11.2 Å². The summed E-state index contributed by atoms with van der Waals surface area (Å²) in [5.41, 5.74) is 1.74. The Labute approximate surface area is 164 Å². The zero-order valence-corrected chi connectivity index (χ0v) is 15.7. The number of carbonyl (C=O) groups excluding carboxylic acids is 1. The summed E-state index contributed by atoms with van der Waals surface area (Å²) in [5.74, 6) is 0.430. The lowest BCUT2D eigenvalue weighted by molar-refractivity contribution is -0.384. The van der Waals surface area contributed by atoms with E-state index < -0.39 is 4.92 Å². The van der Waals surface area contributed by atoms with E-state index in [1.54, 1.807) is 25.3 Å². The molecule has 9 heteroatoms. The Balaban J connectivity index is 1.56. The molecule has 0 aliphatic carbocycles. The summed E-state index contributed by atoms with van der Waals surface area (Å²) in [6, 6.07) is 13.6. The number of hydrogen-bond acceptors (Lipinski definition) is 7. The maximum absolute atomic E-state index is 12.0. The van der Waals surface area contributed by atoms with Gasteiger partial charge in [-0.05, 0) is 41.5 Å². The molecule has 0 fully saturated rings. The van der Waals surface area contributed by atoms with Crippen LogP contribution < -0.4 is 10.1 Å². The Morgan fingerprint density at radius 3 is 2.54 bits per heavy atom. The molecule has 0 aliphatic heterocycles. The number of methoxy groups -OCH3 is 1. The van der Waals surface area contributed by atoms with E-state index in [1.165, 1.54) is 29.5 Å². The van der Waals surface area contributed by atoms with Crippen molar-refractivity contribution in [3.8, 4) is 5.75 Å². The number of nitrogens with one attached hydrogen (secondary N) is 1. The van der Waals surface area contributed by atoms with Crippen molar-refractivity contribution in [3.63, 3.8) is 0 Å². The maximum Gasteiger partial charge on any atom is 0.269 e. The fourth-order valence-electron chi connectivity index (χ4n) is 2.32. The number of nitrogens with zero attached hydrogens (tertiary/aromatic N) is 3. The molecule has 0 spiro atoms. The second kappa shape index (κ2) is 8.87. The molecule has 1 N–H and O–H groups in total. The molecule has 1 aromatic heterocycles. The first-order valence-electron chi connectivity index (χ1n) is 8.22. The molecule has 0 saturated heterocycles. The third-order valence-electron chi connectivity index (χ3n) is 3.74. The summed E-state index contributed by atoms with van der Waals surface area (Å²) < 4.78 is 5.13. The van der Waals surface area contributed by atoms with E-state index in [-0.39, 0.29) is 11.6 Å². The lowest BCUT2D eigenvalue weighted by atomic mass is 10.1. The van der Waals surface area contributed by atoms with E-state index in [9.17, 15) is 14.9 Å². The largest absolute Gasteiger partial charge is 0.497 e. The first kappa shape index (κ1) is 19.2. The van der Waals surface area contributed by atoms with Crippen LogP contribution in [0.25, 0.3) is 6.08 Å². The van der Waals surface area contributed by atoms with Gasteiger partial charge in [-0.2, -0.15) is 0 Å². The van der Waals surface area contributed by atoms with Gasteiger partial charge in [0.15, 0.2) is 0 Å². The van der Waals surface area contributed by atoms with Crippen LogP contribution in [0.2, 0.25) is 0 Å². The van der Waals surface area contributed by atoms with Crippen LogP contribution >= 0.6 is 11.3 Å². The molecule has 1 amide bonds. The van der Waals surface area contributed by atoms with Gasteiger partial charge in [-0.3, -0.25) is 20.2 Å². The number of non-ortho nitro benzene ring substituents is 1. The zero-order chi connectivity index (χ0) is 19.9. The molecule has 0 aliphatic rings. The smallest absolute Gasteiger partial charge is 0.269 e. The van der Waals surface area contributed by atoms with Crippen LogP contribution in [0.3, 0.4) is 0 Å². The molecule has 1 heterocycles. The monoisotopic (exact) mass is 396 g/mol. The minimum absolute atomic E-state index is 0.000138. The second-order valence-corrected chi connectivity index (χ2v) is 6.76. The quantitative estimate of drug-likeness (QED) is 0.371. The predicted molar refractivity (Wildman–Crippen MR) is 106 cm³/mol. The van der Waals surface area contributed by atoms with Gasteiger partial charge in [0.05, 0.1) is 12.0 Å². The Morgan fingerprint density at radius 1 is 1.18 bits per heavy atom. The maximum atomic E-state index is 12.0. The van der Waals surface area contributed by atoms with Gasteiger partial charge in [0.25, 0.3) is 5.69 Å². The number of nitro groups is 1. The molecule has 0 radical (unpaired) electrons. The second-order valence-electron chi connectivity index (χ2n) is 5.70. The molecular formula is C19H16N4O4S. The first-order chi connectivity index (χ1) is 13.5. The number of ether oxygens (including phenoxy) is 1. The van der Waals surface area contributed by atoms with Gasteiger partial charge in [0, 0.05) is 24.6 Å². The van der Waals surface area contributed by atoms with Crippen molar-refractivity contribution >= 4 is 34.1 Å². The Bertz CT molecular complexity index is 998.